The molecule has 5 nitrogen and oxygen atoms in total. The first-order valence-corrected chi connectivity index (χ1v) is 7.22. The third kappa shape index (κ3) is 2.67. The SMILES string of the molecule is COc1ccc(CC2NCCc3cc(O)c(O)cc32)cc1O. The molecule has 2 aromatic carbocycles. The lowest BCUT2D eigenvalue weighted by atomic mass is 9.90. The van der Waals surface area contributed by atoms with Crippen LogP contribution in [0.25, 0.3) is 0 Å². The molecule has 2 aromatic rings. The summed E-state index contributed by atoms with van der Waals surface area (Å²) in [6.45, 7) is 0.810. The lowest BCUT2D eigenvalue weighted by Crippen LogP contribution is -2.31. The van der Waals surface area contributed by atoms with Crippen LogP contribution in [0, 0.1) is 0 Å². The van der Waals surface area contributed by atoms with Crippen LogP contribution in [0.5, 0.6) is 23.0 Å². The molecule has 0 aromatic heterocycles. The van der Waals surface area contributed by atoms with Crippen LogP contribution in [-0.4, -0.2) is 29.0 Å². The second kappa shape index (κ2) is 5.77. The summed E-state index contributed by atoms with van der Waals surface area (Å²) in [5.41, 5.74) is 2.99. The standard InChI is InChI=1S/C17H19NO4/c1-22-17-3-2-10(7-16(17)21)6-13-12-9-15(20)14(19)8-11(12)4-5-18-13/h2-3,7-9,13,18-21H,4-6H2,1H3. The molecule has 0 saturated heterocycles. The van der Waals surface area contributed by atoms with Crippen molar-refractivity contribution in [1.29, 1.82) is 0 Å². The summed E-state index contributed by atoms with van der Waals surface area (Å²) in [7, 11) is 1.52. The van der Waals surface area contributed by atoms with Crippen molar-refractivity contribution in [2.24, 2.45) is 0 Å². The molecule has 1 aliphatic heterocycles. The molecule has 22 heavy (non-hydrogen) atoms. The van der Waals surface area contributed by atoms with Gasteiger partial charge in [0, 0.05) is 6.04 Å². The average Bonchev–Trinajstić information content (AvgIpc) is 2.49. The number of nitrogens with one attached hydrogen (secondary N) is 1. The zero-order valence-corrected chi connectivity index (χ0v) is 12.3. The minimum atomic E-state index is -0.106. The molecular formula is C17H19NO4. The molecule has 1 aliphatic rings. The minimum absolute atomic E-state index is 0.0306. The van der Waals surface area contributed by atoms with E-state index >= 15 is 0 Å². The maximum Gasteiger partial charge on any atom is 0.160 e. The van der Waals surface area contributed by atoms with E-state index in [1.54, 1.807) is 24.3 Å². The van der Waals surface area contributed by atoms with Crippen LogP contribution in [0.2, 0.25) is 0 Å². The number of hydrogen-bond acceptors (Lipinski definition) is 5. The summed E-state index contributed by atoms with van der Waals surface area (Å²) in [5, 5.41) is 32.7. The molecule has 0 fully saturated rings. The van der Waals surface area contributed by atoms with Gasteiger partial charge in [-0.1, -0.05) is 6.07 Å². The smallest absolute Gasteiger partial charge is 0.160 e. The van der Waals surface area contributed by atoms with E-state index in [-0.39, 0.29) is 23.3 Å². The van der Waals surface area contributed by atoms with E-state index in [4.69, 9.17) is 4.74 Å². The summed E-state index contributed by atoms with van der Waals surface area (Å²) in [4.78, 5) is 0. The highest BCUT2D eigenvalue weighted by atomic mass is 16.5. The Morgan fingerprint density at radius 1 is 1.09 bits per heavy atom. The van der Waals surface area contributed by atoms with E-state index in [0.29, 0.717) is 12.2 Å². The number of fused-ring (bicyclic) bond motifs is 1. The molecule has 1 atom stereocenters. The molecule has 4 N–H and O–H groups in total. The van der Waals surface area contributed by atoms with Crippen molar-refractivity contribution >= 4 is 0 Å². The number of phenols is 3. The van der Waals surface area contributed by atoms with Crippen molar-refractivity contribution in [3.63, 3.8) is 0 Å². The van der Waals surface area contributed by atoms with Gasteiger partial charge in [0.05, 0.1) is 7.11 Å². The molecule has 3 rings (SSSR count). The Kier molecular flexibility index (Phi) is 3.81. The molecule has 0 spiro atoms. The van der Waals surface area contributed by atoms with Gasteiger partial charge in [0.25, 0.3) is 0 Å². The third-order valence-electron chi connectivity index (χ3n) is 4.08. The zero-order valence-electron chi connectivity index (χ0n) is 12.3. The molecule has 1 unspecified atom stereocenters. The predicted octanol–water partition coefficient (Wildman–Crippen LogP) is 2.24. The highest BCUT2D eigenvalue weighted by molar-refractivity contribution is 5.48. The van der Waals surface area contributed by atoms with Crippen molar-refractivity contribution in [2.75, 3.05) is 13.7 Å². The zero-order chi connectivity index (χ0) is 15.7. The number of methoxy groups -OCH3 is 1. The second-order valence-electron chi connectivity index (χ2n) is 5.51. The summed E-state index contributed by atoms with van der Waals surface area (Å²) >= 11 is 0. The Morgan fingerprint density at radius 2 is 1.86 bits per heavy atom. The average molecular weight is 301 g/mol. The second-order valence-corrected chi connectivity index (χ2v) is 5.51. The maximum absolute atomic E-state index is 9.88. The molecule has 0 bridgehead atoms. The van der Waals surface area contributed by atoms with Crippen molar-refractivity contribution in [2.45, 2.75) is 18.9 Å². The van der Waals surface area contributed by atoms with E-state index in [0.717, 1.165) is 29.7 Å². The van der Waals surface area contributed by atoms with Gasteiger partial charge in [-0.15, -0.1) is 0 Å². The molecule has 0 radical (unpaired) electrons. The van der Waals surface area contributed by atoms with Crippen molar-refractivity contribution < 1.29 is 20.1 Å². The Labute approximate surface area is 128 Å². The van der Waals surface area contributed by atoms with Gasteiger partial charge in [0.15, 0.2) is 23.0 Å². The van der Waals surface area contributed by atoms with E-state index in [9.17, 15) is 15.3 Å². The van der Waals surface area contributed by atoms with Gasteiger partial charge >= 0.3 is 0 Å². The normalized spacial score (nSPS) is 17.0. The van der Waals surface area contributed by atoms with Gasteiger partial charge < -0.3 is 25.4 Å². The van der Waals surface area contributed by atoms with E-state index in [1.807, 2.05) is 6.07 Å². The first-order valence-electron chi connectivity index (χ1n) is 7.22. The highest BCUT2D eigenvalue weighted by Gasteiger charge is 2.22. The Hall–Kier alpha value is -2.40. The monoisotopic (exact) mass is 301 g/mol. The molecule has 0 amide bonds. The van der Waals surface area contributed by atoms with Gasteiger partial charge in [0.2, 0.25) is 0 Å². The lowest BCUT2D eigenvalue weighted by molar-refractivity contribution is 0.372. The lowest BCUT2D eigenvalue weighted by Gasteiger charge is -2.27. The summed E-state index contributed by atoms with van der Waals surface area (Å²) in [6, 6.07) is 8.62. The van der Waals surface area contributed by atoms with Gasteiger partial charge in [-0.25, -0.2) is 0 Å². The van der Waals surface area contributed by atoms with Crippen LogP contribution in [0.1, 0.15) is 22.7 Å². The van der Waals surface area contributed by atoms with Crippen molar-refractivity contribution in [1.82, 2.24) is 5.32 Å². The van der Waals surface area contributed by atoms with E-state index in [2.05, 4.69) is 5.32 Å². The molecular weight excluding hydrogens is 282 g/mol. The van der Waals surface area contributed by atoms with Crippen LogP contribution in [0.15, 0.2) is 30.3 Å². The quantitative estimate of drug-likeness (QED) is 0.654. The van der Waals surface area contributed by atoms with Crippen LogP contribution in [-0.2, 0) is 12.8 Å². The van der Waals surface area contributed by atoms with Gasteiger partial charge in [-0.05, 0) is 60.3 Å². The fourth-order valence-electron chi connectivity index (χ4n) is 2.95. The first-order chi connectivity index (χ1) is 10.6. The molecule has 5 heteroatoms. The minimum Gasteiger partial charge on any atom is -0.504 e. The Bertz CT molecular complexity index is 699. The Morgan fingerprint density at radius 3 is 2.59 bits per heavy atom. The van der Waals surface area contributed by atoms with Crippen LogP contribution in [0.3, 0.4) is 0 Å². The third-order valence-corrected chi connectivity index (χ3v) is 4.08. The van der Waals surface area contributed by atoms with E-state index in [1.165, 1.54) is 7.11 Å². The number of aromatic hydroxyl groups is 3. The van der Waals surface area contributed by atoms with Gasteiger partial charge in [-0.3, -0.25) is 0 Å². The number of hydrogen-bond donors (Lipinski definition) is 4. The largest absolute Gasteiger partial charge is 0.504 e. The van der Waals surface area contributed by atoms with Crippen LogP contribution >= 0.6 is 0 Å². The fourth-order valence-corrected chi connectivity index (χ4v) is 2.95. The van der Waals surface area contributed by atoms with Crippen molar-refractivity contribution in [3.05, 3.63) is 47.0 Å². The number of ether oxygens (including phenoxy) is 1. The van der Waals surface area contributed by atoms with Crippen LogP contribution in [0.4, 0.5) is 0 Å². The van der Waals surface area contributed by atoms with Crippen molar-refractivity contribution in [3.8, 4) is 23.0 Å². The number of rotatable bonds is 3. The summed E-state index contributed by atoms with van der Waals surface area (Å²) in [6.07, 6.45) is 1.49. The molecule has 0 saturated carbocycles. The first kappa shape index (κ1) is 14.5. The number of phenolic OH excluding ortho intramolecular Hbond substituents is 3. The topological polar surface area (TPSA) is 82.0 Å². The van der Waals surface area contributed by atoms with Gasteiger partial charge in [-0.2, -0.15) is 0 Å². The van der Waals surface area contributed by atoms with Crippen LogP contribution < -0.4 is 10.1 Å². The molecule has 1 heterocycles. The molecule has 0 aliphatic carbocycles. The predicted molar refractivity (Wildman–Crippen MR) is 82.6 cm³/mol. The number of benzene rings is 2. The summed E-state index contributed by atoms with van der Waals surface area (Å²) in [5.74, 6) is 0.374. The summed E-state index contributed by atoms with van der Waals surface area (Å²) < 4.78 is 5.05. The Balaban J connectivity index is 1.88. The molecule has 116 valence electrons. The highest BCUT2D eigenvalue weighted by Crippen LogP contribution is 2.35. The maximum atomic E-state index is 9.88. The van der Waals surface area contributed by atoms with Gasteiger partial charge in [0.1, 0.15) is 0 Å². The fraction of sp³-hybridized carbons (Fsp3) is 0.294. The van der Waals surface area contributed by atoms with E-state index < -0.39 is 0 Å².